The van der Waals surface area contributed by atoms with Gasteiger partial charge in [-0.3, -0.25) is 14.4 Å². The van der Waals surface area contributed by atoms with Crippen molar-refractivity contribution in [3.8, 4) is 24.0 Å². The summed E-state index contributed by atoms with van der Waals surface area (Å²) in [6.45, 7) is 1.16. The van der Waals surface area contributed by atoms with Crippen LogP contribution >= 0.6 is 46.4 Å². The molecule has 3 aromatic heterocycles. The standard InChI is InChI=1S/C18H14Cl2N4O4.C16H13Cl2N5O3.2H2/c1-2-27-9-13(16(25)11-3-4-11)17(26)12-5-6-14(19)18(15(12)20)28-8-7-24-10-21-22-23-24;17-12-4-3-10(14(24)11-7-20-26-15(11)9-1-2-9)13(18)16(12)25-6-5-23-8-19-21-22-23;;/h1,5-6,9-11H,3-4,7-8H2;3-4,7-9H,1-2,5-6H2;2*1H. The Hall–Kier alpha value is -5.34. The molecule has 0 N–H and O–H groups in total. The molecule has 2 fully saturated rings. The monoisotopic (exact) mass is 817 g/mol. The molecular formula is C34H31Cl4N9O7. The van der Waals surface area contributed by atoms with Crippen molar-refractivity contribution in [1.82, 2.24) is 45.6 Å². The van der Waals surface area contributed by atoms with Crippen molar-refractivity contribution in [3.63, 3.8) is 0 Å². The Labute approximate surface area is 329 Å². The second kappa shape index (κ2) is 17.7. The van der Waals surface area contributed by atoms with Crippen molar-refractivity contribution in [3.05, 3.63) is 97.5 Å². The van der Waals surface area contributed by atoms with E-state index in [2.05, 4.69) is 36.2 Å². The van der Waals surface area contributed by atoms with Crippen LogP contribution in [0.2, 0.25) is 20.1 Å². The van der Waals surface area contributed by atoms with Gasteiger partial charge in [0.25, 0.3) is 0 Å². The second-order valence-electron chi connectivity index (χ2n) is 11.8. The average Bonchev–Trinajstić information content (AvgIpc) is 4.01. The second-order valence-corrected chi connectivity index (χ2v) is 13.3. The zero-order valence-corrected chi connectivity index (χ0v) is 30.9. The van der Waals surface area contributed by atoms with E-state index in [9.17, 15) is 14.4 Å². The third-order valence-corrected chi connectivity index (χ3v) is 9.34. The number of ketones is 3. The Kier molecular flexibility index (Phi) is 12.6. The molecule has 0 spiro atoms. The largest absolute Gasteiger partial charge is 0.488 e. The number of benzene rings is 2. The van der Waals surface area contributed by atoms with Crippen LogP contribution in [0.1, 0.15) is 66.5 Å². The van der Waals surface area contributed by atoms with E-state index in [1.165, 1.54) is 40.3 Å². The quantitative estimate of drug-likeness (QED) is 0.0267. The molecule has 2 aliphatic carbocycles. The van der Waals surface area contributed by atoms with Crippen molar-refractivity contribution in [2.24, 2.45) is 5.92 Å². The molecule has 0 unspecified atom stereocenters. The van der Waals surface area contributed by atoms with Crippen molar-refractivity contribution in [2.75, 3.05) is 13.2 Å². The van der Waals surface area contributed by atoms with Crippen LogP contribution in [-0.4, -0.2) is 76.1 Å². The van der Waals surface area contributed by atoms with E-state index in [0.29, 0.717) is 35.0 Å². The maximum atomic E-state index is 12.9. The Bertz CT molecular complexity index is 2220. The van der Waals surface area contributed by atoms with Gasteiger partial charge in [-0.1, -0.05) is 58.0 Å². The molecule has 0 atom stereocenters. The number of terminal acetylenes is 1. The zero-order chi connectivity index (χ0) is 38.2. The molecule has 2 aliphatic rings. The number of nitrogens with zero attached hydrogens (tertiary/aromatic N) is 9. The van der Waals surface area contributed by atoms with Crippen molar-refractivity contribution < 1.29 is 36.0 Å². The van der Waals surface area contributed by atoms with E-state index in [1.807, 2.05) is 6.11 Å². The maximum absolute atomic E-state index is 12.9. The number of hydrogen-bond donors (Lipinski definition) is 0. The van der Waals surface area contributed by atoms with Crippen LogP contribution in [0.3, 0.4) is 0 Å². The molecule has 20 heteroatoms. The van der Waals surface area contributed by atoms with Crippen LogP contribution in [0.5, 0.6) is 11.5 Å². The summed E-state index contributed by atoms with van der Waals surface area (Å²) in [5.41, 5.74) is 0.614. The molecule has 2 saturated carbocycles. The van der Waals surface area contributed by atoms with Gasteiger partial charge >= 0.3 is 0 Å². The first-order valence-corrected chi connectivity index (χ1v) is 17.7. The normalized spacial score (nSPS) is 13.7. The van der Waals surface area contributed by atoms with Gasteiger partial charge in [-0.2, -0.15) is 0 Å². The summed E-state index contributed by atoms with van der Waals surface area (Å²) in [4.78, 5) is 38.2. The third kappa shape index (κ3) is 9.23. The van der Waals surface area contributed by atoms with Crippen LogP contribution in [0, 0.1) is 18.4 Å². The number of carbonyl (C=O) groups is 3. The first-order valence-electron chi connectivity index (χ1n) is 16.2. The van der Waals surface area contributed by atoms with Gasteiger partial charge < -0.3 is 18.7 Å². The lowest BCUT2D eigenvalue weighted by Crippen LogP contribution is -2.16. The Morgan fingerprint density at radius 1 is 0.852 bits per heavy atom. The average molecular weight is 819 g/mol. The summed E-state index contributed by atoms with van der Waals surface area (Å²) in [5.74, 6) is -0.159. The topological polar surface area (TPSA) is 192 Å². The number of rotatable bonds is 16. The minimum atomic E-state index is -0.612. The van der Waals surface area contributed by atoms with E-state index >= 15 is 0 Å². The fraction of sp³-hybridized carbons (Fsp3) is 0.294. The summed E-state index contributed by atoms with van der Waals surface area (Å²) >= 11 is 25.1. The molecule has 3 heterocycles. The van der Waals surface area contributed by atoms with Crippen molar-refractivity contribution >= 4 is 63.8 Å². The number of tetrazole rings is 2. The Morgan fingerprint density at radius 2 is 1.43 bits per heavy atom. The highest BCUT2D eigenvalue weighted by Crippen LogP contribution is 2.43. The van der Waals surface area contributed by atoms with Crippen LogP contribution in [-0.2, 0) is 22.6 Å². The van der Waals surface area contributed by atoms with Gasteiger partial charge in [0.1, 0.15) is 43.8 Å². The molecule has 54 heavy (non-hydrogen) atoms. The molecule has 282 valence electrons. The van der Waals surface area contributed by atoms with E-state index in [4.69, 9.17) is 71.6 Å². The van der Waals surface area contributed by atoms with Gasteiger partial charge in [0.15, 0.2) is 28.8 Å². The molecule has 0 radical (unpaired) electrons. The third-order valence-electron chi connectivity index (χ3n) is 8.00. The number of ether oxygens (including phenoxy) is 3. The summed E-state index contributed by atoms with van der Waals surface area (Å²) < 4.78 is 24.2. The van der Waals surface area contributed by atoms with Gasteiger partial charge in [0, 0.05) is 25.8 Å². The fourth-order valence-corrected chi connectivity index (χ4v) is 6.09. The van der Waals surface area contributed by atoms with Crippen LogP contribution in [0.25, 0.3) is 0 Å². The van der Waals surface area contributed by atoms with E-state index in [0.717, 1.165) is 31.9 Å². The summed E-state index contributed by atoms with van der Waals surface area (Å²) in [7, 11) is 0. The lowest BCUT2D eigenvalue weighted by molar-refractivity contribution is -0.116. The van der Waals surface area contributed by atoms with Gasteiger partial charge in [-0.15, -0.1) is 10.2 Å². The lowest BCUT2D eigenvalue weighted by Gasteiger charge is -2.13. The van der Waals surface area contributed by atoms with Gasteiger partial charge in [-0.05, 0) is 70.8 Å². The predicted octanol–water partition coefficient (Wildman–Crippen LogP) is 6.36. The number of Topliss-reactive ketones (excluding diaryl/α,β-unsaturated/α-hetero) is 2. The van der Waals surface area contributed by atoms with Gasteiger partial charge in [0.05, 0.1) is 44.9 Å². The maximum Gasteiger partial charge on any atom is 0.201 e. The molecule has 0 amide bonds. The highest BCUT2D eigenvalue weighted by atomic mass is 35.5. The summed E-state index contributed by atoms with van der Waals surface area (Å²) in [5, 5.41) is 26.0. The van der Waals surface area contributed by atoms with Gasteiger partial charge in [-0.25, -0.2) is 9.36 Å². The smallest absolute Gasteiger partial charge is 0.201 e. The first kappa shape index (κ1) is 38.4. The Balaban J connectivity index is 0.000000240. The van der Waals surface area contributed by atoms with Crippen LogP contribution in [0.4, 0.5) is 0 Å². The molecule has 0 saturated heterocycles. The number of allylic oxidation sites excluding steroid dienone is 1. The molecule has 2 aromatic carbocycles. The Morgan fingerprint density at radius 3 is 1.94 bits per heavy atom. The van der Waals surface area contributed by atoms with E-state index < -0.39 is 5.78 Å². The first-order chi connectivity index (χ1) is 26.2. The summed E-state index contributed by atoms with van der Waals surface area (Å²) in [6, 6.07) is 6.04. The molecular weight excluding hydrogens is 788 g/mol. The highest BCUT2D eigenvalue weighted by Gasteiger charge is 2.36. The number of hydrogen-bond acceptors (Lipinski definition) is 14. The SMILES string of the molecule is C#COC=C(C(=O)c1ccc(Cl)c(OCCn2cnnn2)c1Cl)C(=O)C1CC1.O=C(c1cnoc1C1CC1)c1ccc(Cl)c(OCCn2cnnn2)c1Cl.[HH].[HH]. The molecule has 16 nitrogen and oxygen atoms in total. The lowest BCUT2D eigenvalue weighted by atomic mass is 9.98. The molecule has 5 aromatic rings. The number of aromatic nitrogens is 9. The minimum Gasteiger partial charge on any atom is -0.488 e. The highest BCUT2D eigenvalue weighted by molar-refractivity contribution is 6.41. The van der Waals surface area contributed by atoms with Crippen LogP contribution in [0.15, 0.2) is 59.5 Å². The predicted molar refractivity (Wildman–Crippen MR) is 196 cm³/mol. The summed E-state index contributed by atoms with van der Waals surface area (Å²) in [6.07, 6.45) is 15.7. The number of halogens is 4. The minimum absolute atomic E-state index is 0. The van der Waals surface area contributed by atoms with Crippen molar-refractivity contribution in [1.29, 1.82) is 0 Å². The van der Waals surface area contributed by atoms with E-state index in [-0.39, 0.29) is 77.2 Å². The van der Waals surface area contributed by atoms with E-state index in [1.54, 1.807) is 12.1 Å². The molecule has 0 bridgehead atoms. The van der Waals surface area contributed by atoms with Crippen molar-refractivity contribution in [2.45, 2.75) is 44.7 Å². The van der Waals surface area contributed by atoms with Gasteiger partial charge in [0.2, 0.25) is 5.78 Å². The zero-order valence-electron chi connectivity index (χ0n) is 27.9. The van der Waals surface area contributed by atoms with Crippen LogP contribution < -0.4 is 9.47 Å². The fourth-order valence-electron chi connectivity index (χ4n) is 4.96. The molecule has 0 aliphatic heterocycles. The molecule has 7 rings (SSSR count). The number of carbonyl (C=O) groups excluding carboxylic acids is 3.